The molecule has 4 aliphatic rings. The molecule has 14 heteroatoms. The topological polar surface area (TPSA) is 165 Å². The van der Waals surface area contributed by atoms with Gasteiger partial charge in [-0.05, 0) is 30.2 Å². The first kappa shape index (κ1) is 46.8. The number of hydrogen-bond acceptors (Lipinski definition) is 12. The molecule has 7 rings (SSSR count). The fraction of sp³-hybridized carbons (Fsp3) is 0.702. The Labute approximate surface area is 362 Å². The van der Waals surface area contributed by atoms with Crippen LogP contribution in [0.2, 0.25) is 0 Å². The van der Waals surface area contributed by atoms with E-state index in [1.807, 2.05) is 30.3 Å². The third-order valence-electron chi connectivity index (χ3n) is 12.9. The summed E-state index contributed by atoms with van der Waals surface area (Å²) in [5.41, 5.74) is 7.20. The molecule has 0 unspecified atom stereocenters. The molecule has 14 nitrogen and oxygen atoms in total. The number of amides is 2. The lowest BCUT2D eigenvalue weighted by Gasteiger charge is -2.25. The second-order valence-electron chi connectivity index (χ2n) is 17.6. The molecule has 0 spiro atoms. The highest BCUT2D eigenvalue weighted by Gasteiger charge is 2.25. The Bertz CT molecular complexity index is 1650. The number of hydroxylamine groups is 2. The van der Waals surface area contributed by atoms with Crippen LogP contribution in [0.5, 0.6) is 0 Å². The van der Waals surface area contributed by atoms with E-state index in [1.54, 1.807) is 18.0 Å². The first-order valence-corrected chi connectivity index (χ1v) is 23.4. The first-order valence-electron chi connectivity index (χ1n) is 23.4. The van der Waals surface area contributed by atoms with Gasteiger partial charge in [0.25, 0.3) is 0 Å². The van der Waals surface area contributed by atoms with Crippen LogP contribution in [0.1, 0.15) is 156 Å². The molecule has 2 aliphatic heterocycles. The van der Waals surface area contributed by atoms with Gasteiger partial charge in [-0.3, -0.25) is 29.4 Å². The van der Waals surface area contributed by atoms with Crippen molar-refractivity contribution in [2.24, 2.45) is 11.8 Å². The number of rotatable bonds is 21. The van der Waals surface area contributed by atoms with E-state index in [9.17, 15) is 9.59 Å². The number of aromatic nitrogens is 2. The van der Waals surface area contributed by atoms with E-state index in [0.29, 0.717) is 24.8 Å². The fourth-order valence-electron chi connectivity index (χ4n) is 9.33. The molecule has 2 atom stereocenters. The fourth-order valence-corrected chi connectivity index (χ4v) is 9.33. The van der Waals surface area contributed by atoms with E-state index in [0.717, 1.165) is 120 Å². The standard InChI is InChI=1S/C27H39N3O4.C20H33N3O4/c31-26(29-34-20-23-10-5-2-6-11-23)18-24(13-7-12-22-8-3-1-4-9-22)27-28-25(21-33-27)19-30-14-16-32-17-15-30;24-19(22-25)13-17(8-4-7-16-5-2-1-3-6-16)20-21-18(15-27-20)14-23-9-11-26-12-10-23/h2,5-6,10-11,21-22,24H,1,3-4,7-9,12-20H2,(H,29,31);15-17,25H,1-14H2,(H,22,24)/t24-;17-/m11/s1. The number of benzene rings is 1. The summed E-state index contributed by atoms with van der Waals surface area (Å²) in [5, 5.41) is 8.91. The van der Waals surface area contributed by atoms with Crippen LogP contribution >= 0.6 is 0 Å². The van der Waals surface area contributed by atoms with E-state index in [1.165, 1.54) is 77.0 Å². The Morgan fingerprint density at radius 2 is 1.16 bits per heavy atom. The summed E-state index contributed by atoms with van der Waals surface area (Å²) in [7, 11) is 0. The van der Waals surface area contributed by atoms with E-state index in [2.05, 4.69) is 20.3 Å². The number of nitrogens with one attached hydrogen (secondary N) is 2. The Kier molecular flexibility index (Phi) is 20.5. The quantitative estimate of drug-likeness (QED) is 0.0696. The summed E-state index contributed by atoms with van der Waals surface area (Å²) < 4.78 is 22.4. The Hall–Kier alpha value is -3.66. The number of nitrogens with zero attached hydrogens (tertiary/aromatic N) is 4. The van der Waals surface area contributed by atoms with Gasteiger partial charge in [-0.15, -0.1) is 0 Å². The van der Waals surface area contributed by atoms with Crippen molar-refractivity contribution in [1.29, 1.82) is 0 Å². The molecule has 4 fully saturated rings. The molecule has 0 radical (unpaired) electrons. The van der Waals surface area contributed by atoms with Crippen molar-refractivity contribution in [2.75, 3.05) is 52.6 Å². The largest absolute Gasteiger partial charge is 0.448 e. The van der Waals surface area contributed by atoms with Gasteiger partial charge in [0.1, 0.15) is 12.5 Å². The maximum Gasteiger partial charge on any atom is 0.244 e. The minimum Gasteiger partial charge on any atom is -0.448 e. The molecule has 2 saturated carbocycles. The van der Waals surface area contributed by atoms with Crippen LogP contribution in [0.15, 0.2) is 51.7 Å². The molecule has 61 heavy (non-hydrogen) atoms. The summed E-state index contributed by atoms with van der Waals surface area (Å²) in [6, 6.07) is 9.83. The number of morpholine rings is 2. The molecular weight excluding hydrogens is 777 g/mol. The smallest absolute Gasteiger partial charge is 0.244 e. The average Bonchev–Trinajstić information content (AvgIpc) is 3.98. The van der Waals surface area contributed by atoms with E-state index >= 15 is 0 Å². The van der Waals surface area contributed by atoms with Crippen LogP contribution in [0.25, 0.3) is 0 Å². The van der Waals surface area contributed by atoms with Crippen molar-refractivity contribution < 1.29 is 37.9 Å². The Balaban J connectivity index is 0.000000210. The summed E-state index contributed by atoms with van der Waals surface area (Å²) in [5.74, 6) is 2.31. The van der Waals surface area contributed by atoms with Crippen molar-refractivity contribution in [3.63, 3.8) is 0 Å². The SMILES string of the molecule is O=C(C[C@@H](CCCC1CCCCC1)c1nc(CN2CCOCC2)co1)NO.O=C(C[C@@H](CCCC1CCCCC1)c1nc(CN2CCOCC2)co1)NOCc1ccccc1. The zero-order valence-corrected chi connectivity index (χ0v) is 36.5. The first-order chi connectivity index (χ1) is 30.0. The zero-order valence-electron chi connectivity index (χ0n) is 36.5. The second kappa shape index (κ2) is 26.7. The Morgan fingerprint density at radius 3 is 1.64 bits per heavy atom. The maximum atomic E-state index is 12.7. The second-order valence-corrected chi connectivity index (χ2v) is 17.6. The van der Waals surface area contributed by atoms with Gasteiger partial charge >= 0.3 is 0 Å². The lowest BCUT2D eigenvalue weighted by atomic mass is 9.84. The molecule has 338 valence electrons. The lowest BCUT2D eigenvalue weighted by molar-refractivity contribution is -0.135. The van der Waals surface area contributed by atoms with Crippen LogP contribution in [-0.2, 0) is 43.6 Å². The van der Waals surface area contributed by atoms with E-state index in [-0.39, 0.29) is 30.1 Å². The van der Waals surface area contributed by atoms with E-state index < -0.39 is 0 Å². The number of ether oxygens (including phenoxy) is 2. The molecule has 2 saturated heterocycles. The van der Waals surface area contributed by atoms with Crippen molar-refractivity contribution in [2.45, 2.75) is 147 Å². The highest BCUT2D eigenvalue weighted by atomic mass is 16.6. The Morgan fingerprint density at radius 1 is 0.689 bits per heavy atom. The summed E-state index contributed by atoms with van der Waals surface area (Å²) in [4.78, 5) is 43.9. The minimum atomic E-state index is -0.384. The molecule has 3 aromatic rings. The highest BCUT2D eigenvalue weighted by Crippen LogP contribution is 2.33. The number of carbonyl (C=O) groups excluding carboxylic acids is 2. The molecule has 3 N–H and O–H groups in total. The van der Waals surface area contributed by atoms with Crippen LogP contribution in [-0.4, -0.2) is 89.4 Å². The van der Waals surface area contributed by atoms with Gasteiger partial charge < -0.3 is 18.3 Å². The third-order valence-corrected chi connectivity index (χ3v) is 12.9. The monoisotopic (exact) mass is 849 g/mol. The third kappa shape index (κ3) is 17.2. The van der Waals surface area contributed by atoms with Gasteiger partial charge in [0, 0.05) is 63.9 Å². The van der Waals surface area contributed by atoms with E-state index in [4.69, 9.17) is 33.3 Å². The van der Waals surface area contributed by atoms with Crippen molar-refractivity contribution >= 4 is 11.8 Å². The van der Waals surface area contributed by atoms with Gasteiger partial charge in [-0.1, -0.05) is 120 Å². The number of carbonyl (C=O) groups is 2. The van der Waals surface area contributed by atoms with Gasteiger partial charge in [0.15, 0.2) is 11.8 Å². The molecule has 2 aliphatic carbocycles. The minimum absolute atomic E-state index is 0.0395. The van der Waals surface area contributed by atoms with Gasteiger partial charge in [0.2, 0.25) is 11.8 Å². The summed E-state index contributed by atoms with van der Waals surface area (Å²) >= 11 is 0. The van der Waals surface area contributed by atoms with Crippen molar-refractivity contribution in [3.05, 3.63) is 71.6 Å². The van der Waals surface area contributed by atoms with Crippen LogP contribution in [0.4, 0.5) is 0 Å². The number of oxazole rings is 2. The predicted octanol–water partition coefficient (Wildman–Crippen LogP) is 8.22. The highest BCUT2D eigenvalue weighted by molar-refractivity contribution is 5.75. The average molecular weight is 849 g/mol. The lowest BCUT2D eigenvalue weighted by Crippen LogP contribution is -2.35. The van der Waals surface area contributed by atoms with Crippen LogP contribution in [0.3, 0.4) is 0 Å². The van der Waals surface area contributed by atoms with Crippen molar-refractivity contribution in [1.82, 2.24) is 30.7 Å². The molecule has 2 aromatic heterocycles. The zero-order chi connectivity index (χ0) is 42.3. The number of hydrogen-bond donors (Lipinski definition) is 3. The maximum absolute atomic E-state index is 12.7. The molecule has 2 amide bonds. The molecule has 4 heterocycles. The van der Waals surface area contributed by atoms with Gasteiger partial charge in [-0.25, -0.2) is 20.9 Å². The van der Waals surface area contributed by atoms with Crippen LogP contribution < -0.4 is 11.0 Å². The van der Waals surface area contributed by atoms with Gasteiger partial charge in [0.05, 0.1) is 44.4 Å². The molecule has 0 bridgehead atoms. The van der Waals surface area contributed by atoms with Gasteiger partial charge in [-0.2, -0.15) is 0 Å². The normalized spacial score (nSPS) is 19.4. The molecular formula is C47H72N6O8. The summed E-state index contributed by atoms with van der Waals surface area (Å²) in [6.45, 7) is 8.51. The predicted molar refractivity (Wildman–Crippen MR) is 230 cm³/mol. The summed E-state index contributed by atoms with van der Waals surface area (Å²) in [6.07, 6.45) is 23.9. The van der Waals surface area contributed by atoms with Crippen molar-refractivity contribution in [3.8, 4) is 0 Å². The van der Waals surface area contributed by atoms with Crippen LogP contribution in [0, 0.1) is 11.8 Å². The molecule has 1 aromatic carbocycles.